The maximum absolute atomic E-state index is 5.73. The van der Waals surface area contributed by atoms with Crippen molar-refractivity contribution in [1.29, 1.82) is 0 Å². The molecule has 3 nitrogen and oxygen atoms in total. The Morgan fingerprint density at radius 2 is 1.85 bits per heavy atom. The second-order valence-electron chi connectivity index (χ2n) is 4.35. The van der Waals surface area contributed by atoms with E-state index in [1.54, 1.807) is 0 Å². The largest absolute Gasteiger partial charge is 0.329 e. The fourth-order valence-electron chi connectivity index (χ4n) is 2.80. The number of hydrogen-bond donors (Lipinski definition) is 3. The molecule has 2 aliphatic rings. The van der Waals surface area contributed by atoms with E-state index in [2.05, 4.69) is 10.6 Å². The zero-order chi connectivity index (χ0) is 9.10. The van der Waals surface area contributed by atoms with Crippen molar-refractivity contribution in [2.45, 2.75) is 44.2 Å². The van der Waals surface area contributed by atoms with Crippen molar-refractivity contribution in [3.8, 4) is 0 Å². The highest BCUT2D eigenvalue weighted by molar-refractivity contribution is 4.93. The Morgan fingerprint density at radius 1 is 1.08 bits per heavy atom. The third kappa shape index (κ3) is 2.03. The normalized spacial score (nSPS) is 36.7. The molecule has 0 spiro atoms. The number of rotatable bonds is 2. The molecular weight excluding hydrogens is 162 g/mol. The molecule has 1 saturated heterocycles. The predicted molar refractivity (Wildman–Crippen MR) is 54.3 cm³/mol. The Hall–Kier alpha value is -0.120. The van der Waals surface area contributed by atoms with E-state index in [1.165, 1.54) is 32.1 Å². The number of nitrogens with two attached hydrogens (primary N) is 1. The van der Waals surface area contributed by atoms with Gasteiger partial charge < -0.3 is 5.73 Å². The minimum Gasteiger partial charge on any atom is -0.329 e. The standard InChI is InChI=1S/C10H21N3/c11-6-9-10(13-7-12-9)8-4-2-1-3-5-8/h8-10,12-13H,1-7,11H2. The summed E-state index contributed by atoms with van der Waals surface area (Å²) in [5.41, 5.74) is 5.73. The number of nitrogens with one attached hydrogen (secondary N) is 2. The lowest BCUT2D eigenvalue weighted by atomic mass is 9.81. The summed E-state index contributed by atoms with van der Waals surface area (Å²) >= 11 is 0. The first-order chi connectivity index (χ1) is 6.42. The van der Waals surface area contributed by atoms with Gasteiger partial charge in [-0.15, -0.1) is 0 Å². The third-order valence-electron chi connectivity index (χ3n) is 3.55. The van der Waals surface area contributed by atoms with E-state index < -0.39 is 0 Å². The lowest BCUT2D eigenvalue weighted by Crippen LogP contribution is -2.45. The monoisotopic (exact) mass is 183 g/mol. The fraction of sp³-hybridized carbons (Fsp3) is 1.00. The minimum absolute atomic E-state index is 0.517. The summed E-state index contributed by atoms with van der Waals surface area (Å²) in [7, 11) is 0. The van der Waals surface area contributed by atoms with Gasteiger partial charge in [-0.3, -0.25) is 10.6 Å². The van der Waals surface area contributed by atoms with E-state index in [9.17, 15) is 0 Å². The highest BCUT2D eigenvalue weighted by Crippen LogP contribution is 2.28. The summed E-state index contributed by atoms with van der Waals surface area (Å²) < 4.78 is 0. The van der Waals surface area contributed by atoms with Gasteiger partial charge in [0.15, 0.2) is 0 Å². The summed E-state index contributed by atoms with van der Waals surface area (Å²) in [6.45, 7) is 1.72. The summed E-state index contributed by atoms with van der Waals surface area (Å²) in [6, 6.07) is 1.16. The van der Waals surface area contributed by atoms with Gasteiger partial charge in [-0.05, 0) is 18.8 Å². The molecule has 2 unspecified atom stereocenters. The summed E-state index contributed by atoms with van der Waals surface area (Å²) in [5, 5.41) is 6.95. The van der Waals surface area contributed by atoms with Crippen LogP contribution in [-0.2, 0) is 0 Å². The molecular formula is C10H21N3. The van der Waals surface area contributed by atoms with Gasteiger partial charge in [-0.1, -0.05) is 19.3 Å². The number of hydrogen-bond acceptors (Lipinski definition) is 3. The SMILES string of the molecule is NCC1NCNC1C1CCCCC1. The summed E-state index contributed by atoms with van der Waals surface area (Å²) in [6.07, 6.45) is 7.07. The van der Waals surface area contributed by atoms with Gasteiger partial charge in [0.05, 0.1) is 0 Å². The van der Waals surface area contributed by atoms with Crippen molar-refractivity contribution in [2.75, 3.05) is 13.2 Å². The van der Waals surface area contributed by atoms with Crippen LogP contribution in [0.4, 0.5) is 0 Å². The zero-order valence-electron chi connectivity index (χ0n) is 8.26. The summed E-state index contributed by atoms with van der Waals surface area (Å²) in [5.74, 6) is 0.872. The molecule has 13 heavy (non-hydrogen) atoms. The van der Waals surface area contributed by atoms with Gasteiger partial charge in [-0.25, -0.2) is 0 Å². The lowest BCUT2D eigenvalue weighted by Gasteiger charge is -2.30. The molecule has 2 atom stereocenters. The Balaban J connectivity index is 1.90. The second kappa shape index (κ2) is 4.40. The molecule has 1 saturated carbocycles. The molecule has 2 fully saturated rings. The van der Waals surface area contributed by atoms with E-state index in [-0.39, 0.29) is 0 Å². The second-order valence-corrected chi connectivity index (χ2v) is 4.35. The van der Waals surface area contributed by atoms with E-state index in [0.29, 0.717) is 12.1 Å². The van der Waals surface area contributed by atoms with E-state index in [1.807, 2.05) is 0 Å². The van der Waals surface area contributed by atoms with Gasteiger partial charge in [0.25, 0.3) is 0 Å². The topological polar surface area (TPSA) is 50.1 Å². The van der Waals surface area contributed by atoms with Crippen LogP contribution in [0.1, 0.15) is 32.1 Å². The molecule has 0 bridgehead atoms. The predicted octanol–water partition coefficient (Wildman–Crippen LogP) is 0.413. The fourth-order valence-corrected chi connectivity index (χ4v) is 2.80. The lowest BCUT2D eigenvalue weighted by molar-refractivity contribution is 0.270. The van der Waals surface area contributed by atoms with Crippen molar-refractivity contribution < 1.29 is 0 Å². The molecule has 1 heterocycles. The Labute approximate surface area is 80.5 Å². The first-order valence-electron chi connectivity index (χ1n) is 5.58. The van der Waals surface area contributed by atoms with Crippen LogP contribution in [0.2, 0.25) is 0 Å². The van der Waals surface area contributed by atoms with Crippen LogP contribution >= 0.6 is 0 Å². The van der Waals surface area contributed by atoms with Crippen molar-refractivity contribution in [3.63, 3.8) is 0 Å². The van der Waals surface area contributed by atoms with Crippen molar-refractivity contribution in [1.82, 2.24) is 10.6 Å². The molecule has 0 amide bonds. The van der Waals surface area contributed by atoms with Crippen LogP contribution < -0.4 is 16.4 Å². The van der Waals surface area contributed by atoms with Crippen LogP contribution in [-0.4, -0.2) is 25.3 Å². The van der Waals surface area contributed by atoms with E-state index in [0.717, 1.165) is 19.1 Å². The highest BCUT2D eigenvalue weighted by atomic mass is 15.2. The smallest absolute Gasteiger partial charge is 0.0460 e. The van der Waals surface area contributed by atoms with Crippen LogP contribution in [0.25, 0.3) is 0 Å². The molecule has 0 radical (unpaired) electrons. The third-order valence-corrected chi connectivity index (χ3v) is 3.55. The first-order valence-corrected chi connectivity index (χ1v) is 5.58. The average Bonchev–Trinajstić information content (AvgIpc) is 2.67. The van der Waals surface area contributed by atoms with Crippen molar-refractivity contribution in [2.24, 2.45) is 11.7 Å². The van der Waals surface area contributed by atoms with Gasteiger partial charge in [0.2, 0.25) is 0 Å². The quantitative estimate of drug-likeness (QED) is 0.581. The molecule has 3 heteroatoms. The Bertz CT molecular complexity index is 154. The molecule has 1 aliphatic carbocycles. The Kier molecular flexibility index (Phi) is 3.19. The van der Waals surface area contributed by atoms with E-state index in [4.69, 9.17) is 5.73 Å². The van der Waals surface area contributed by atoms with Gasteiger partial charge in [-0.2, -0.15) is 0 Å². The molecule has 0 aromatic carbocycles. The van der Waals surface area contributed by atoms with Crippen LogP contribution in [0.15, 0.2) is 0 Å². The molecule has 0 aromatic heterocycles. The Morgan fingerprint density at radius 3 is 2.54 bits per heavy atom. The molecule has 76 valence electrons. The van der Waals surface area contributed by atoms with Crippen molar-refractivity contribution >= 4 is 0 Å². The van der Waals surface area contributed by atoms with Gasteiger partial charge in [0, 0.05) is 25.3 Å². The van der Waals surface area contributed by atoms with Crippen LogP contribution in [0.5, 0.6) is 0 Å². The molecule has 0 aromatic rings. The summed E-state index contributed by atoms with van der Waals surface area (Å²) in [4.78, 5) is 0. The molecule has 4 N–H and O–H groups in total. The first kappa shape index (κ1) is 9.44. The van der Waals surface area contributed by atoms with Crippen LogP contribution in [0.3, 0.4) is 0 Å². The van der Waals surface area contributed by atoms with Gasteiger partial charge in [0.1, 0.15) is 0 Å². The minimum atomic E-state index is 0.517. The molecule has 2 rings (SSSR count). The van der Waals surface area contributed by atoms with E-state index >= 15 is 0 Å². The maximum Gasteiger partial charge on any atom is 0.0460 e. The highest BCUT2D eigenvalue weighted by Gasteiger charge is 2.32. The zero-order valence-corrected chi connectivity index (χ0v) is 8.26. The van der Waals surface area contributed by atoms with Gasteiger partial charge >= 0.3 is 0 Å². The van der Waals surface area contributed by atoms with Crippen LogP contribution in [0, 0.1) is 5.92 Å². The van der Waals surface area contributed by atoms with Crippen molar-refractivity contribution in [3.05, 3.63) is 0 Å². The average molecular weight is 183 g/mol. The maximum atomic E-state index is 5.73. The molecule has 1 aliphatic heterocycles.